The van der Waals surface area contributed by atoms with Crippen LogP contribution in [0.25, 0.3) is 22.6 Å². The second-order valence-electron chi connectivity index (χ2n) is 4.64. The van der Waals surface area contributed by atoms with Gasteiger partial charge in [-0.3, -0.25) is 14.8 Å². The van der Waals surface area contributed by atoms with Crippen molar-refractivity contribution in [2.75, 3.05) is 6.61 Å². The minimum atomic E-state index is -0.567. The molecule has 0 unspecified atom stereocenters. The SMILES string of the molecule is O=c1[nH]c(=O)c2[nH]c(-c3ccc4c(c3)CCO4)nc2[nH]1. The fourth-order valence-electron chi connectivity index (χ4n) is 2.40. The summed E-state index contributed by atoms with van der Waals surface area (Å²) >= 11 is 0. The van der Waals surface area contributed by atoms with Crippen molar-refractivity contribution >= 4 is 11.2 Å². The first-order chi connectivity index (χ1) is 9.70. The molecule has 0 radical (unpaired) electrons. The fraction of sp³-hybridized carbons (Fsp3) is 0.154. The average molecular weight is 270 g/mol. The first-order valence-corrected chi connectivity index (χ1v) is 6.19. The number of hydrogen-bond donors (Lipinski definition) is 3. The summed E-state index contributed by atoms with van der Waals surface area (Å²) in [6.07, 6.45) is 0.862. The summed E-state index contributed by atoms with van der Waals surface area (Å²) in [5.41, 5.74) is 1.44. The Bertz CT molecular complexity index is 935. The largest absolute Gasteiger partial charge is 0.493 e. The average Bonchev–Trinajstić information content (AvgIpc) is 3.03. The number of ether oxygens (including phenoxy) is 1. The van der Waals surface area contributed by atoms with Crippen molar-refractivity contribution in [1.29, 1.82) is 0 Å². The van der Waals surface area contributed by atoms with Crippen LogP contribution < -0.4 is 16.0 Å². The smallest absolute Gasteiger partial charge is 0.327 e. The maximum atomic E-state index is 11.7. The van der Waals surface area contributed by atoms with E-state index in [1.165, 1.54) is 0 Å². The van der Waals surface area contributed by atoms with Crippen LogP contribution in [0.15, 0.2) is 27.8 Å². The monoisotopic (exact) mass is 270 g/mol. The molecule has 0 amide bonds. The van der Waals surface area contributed by atoms with E-state index in [1.807, 2.05) is 18.2 Å². The molecule has 0 bridgehead atoms. The Morgan fingerprint density at radius 3 is 2.95 bits per heavy atom. The number of nitrogens with zero attached hydrogens (tertiary/aromatic N) is 1. The minimum absolute atomic E-state index is 0.255. The maximum Gasteiger partial charge on any atom is 0.327 e. The molecule has 0 atom stereocenters. The van der Waals surface area contributed by atoms with Gasteiger partial charge in [-0.25, -0.2) is 9.78 Å². The number of rotatable bonds is 1. The predicted molar refractivity (Wildman–Crippen MR) is 72.0 cm³/mol. The van der Waals surface area contributed by atoms with Crippen LogP contribution in [0.5, 0.6) is 5.75 Å². The summed E-state index contributed by atoms with van der Waals surface area (Å²) in [4.78, 5) is 34.7. The van der Waals surface area contributed by atoms with Gasteiger partial charge in [0.2, 0.25) is 0 Å². The highest BCUT2D eigenvalue weighted by Gasteiger charge is 2.15. The normalized spacial score (nSPS) is 13.4. The lowest BCUT2D eigenvalue weighted by Crippen LogP contribution is -2.21. The number of imidazole rings is 1. The zero-order valence-corrected chi connectivity index (χ0v) is 10.3. The molecule has 3 aromatic rings. The van der Waals surface area contributed by atoms with Crippen molar-refractivity contribution in [1.82, 2.24) is 19.9 Å². The van der Waals surface area contributed by atoms with E-state index in [-0.39, 0.29) is 11.2 Å². The summed E-state index contributed by atoms with van der Waals surface area (Å²) in [6, 6.07) is 5.73. The molecular formula is C13H10N4O3. The van der Waals surface area contributed by atoms with E-state index in [0.29, 0.717) is 12.4 Å². The van der Waals surface area contributed by atoms with Crippen molar-refractivity contribution in [2.45, 2.75) is 6.42 Å². The van der Waals surface area contributed by atoms with Gasteiger partial charge in [-0.15, -0.1) is 0 Å². The Kier molecular flexibility index (Phi) is 2.11. The Balaban J connectivity index is 1.92. The van der Waals surface area contributed by atoms with E-state index in [9.17, 15) is 9.59 Å². The van der Waals surface area contributed by atoms with Crippen LogP contribution in [0.1, 0.15) is 5.56 Å². The highest BCUT2D eigenvalue weighted by Crippen LogP contribution is 2.29. The molecule has 1 aliphatic heterocycles. The molecule has 0 saturated carbocycles. The lowest BCUT2D eigenvalue weighted by atomic mass is 10.1. The van der Waals surface area contributed by atoms with Gasteiger partial charge in [0.15, 0.2) is 5.65 Å². The number of fused-ring (bicyclic) bond motifs is 2. The third kappa shape index (κ3) is 1.56. The second-order valence-corrected chi connectivity index (χ2v) is 4.64. The number of aromatic amines is 3. The molecule has 7 heteroatoms. The van der Waals surface area contributed by atoms with E-state index in [4.69, 9.17) is 4.74 Å². The number of benzene rings is 1. The van der Waals surface area contributed by atoms with Crippen molar-refractivity contribution in [3.05, 3.63) is 44.6 Å². The van der Waals surface area contributed by atoms with Gasteiger partial charge in [0.25, 0.3) is 5.56 Å². The van der Waals surface area contributed by atoms with Gasteiger partial charge < -0.3 is 9.72 Å². The Labute approximate surface area is 111 Å². The molecule has 7 nitrogen and oxygen atoms in total. The summed E-state index contributed by atoms with van der Waals surface area (Å²) < 4.78 is 5.45. The van der Waals surface area contributed by atoms with Gasteiger partial charge in [0.05, 0.1) is 6.61 Å². The van der Waals surface area contributed by atoms with Crippen LogP contribution in [0.4, 0.5) is 0 Å². The fourth-order valence-corrected chi connectivity index (χ4v) is 2.40. The van der Waals surface area contributed by atoms with Crippen molar-refractivity contribution in [2.24, 2.45) is 0 Å². The van der Waals surface area contributed by atoms with Crippen LogP contribution in [0, 0.1) is 0 Å². The second kappa shape index (κ2) is 3.83. The Morgan fingerprint density at radius 1 is 1.15 bits per heavy atom. The summed E-state index contributed by atoms with van der Waals surface area (Å²) in [7, 11) is 0. The van der Waals surface area contributed by atoms with E-state index < -0.39 is 11.2 Å². The predicted octanol–water partition coefficient (Wildman–Crippen LogP) is 0.541. The van der Waals surface area contributed by atoms with Crippen LogP contribution in [0.2, 0.25) is 0 Å². The number of H-pyrrole nitrogens is 3. The van der Waals surface area contributed by atoms with Gasteiger partial charge in [0.1, 0.15) is 17.1 Å². The first kappa shape index (κ1) is 11.0. The molecule has 2 aromatic heterocycles. The molecule has 0 saturated heterocycles. The van der Waals surface area contributed by atoms with Crippen molar-refractivity contribution in [3.8, 4) is 17.1 Å². The zero-order valence-electron chi connectivity index (χ0n) is 10.3. The molecule has 100 valence electrons. The van der Waals surface area contributed by atoms with Crippen LogP contribution >= 0.6 is 0 Å². The van der Waals surface area contributed by atoms with Gasteiger partial charge in [-0.1, -0.05) is 0 Å². The van der Waals surface area contributed by atoms with E-state index in [2.05, 4.69) is 19.9 Å². The molecule has 4 rings (SSSR count). The zero-order chi connectivity index (χ0) is 13.7. The minimum Gasteiger partial charge on any atom is -0.493 e. The standard InChI is InChI=1S/C13H10N4O3/c18-12-9-11(16-13(19)17-12)15-10(14-9)7-1-2-8-6(5-7)3-4-20-8/h1-2,5H,3-4H2,(H3,14,15,16,17,18,19). The maximum absolute atomic E-state index is 11.7. The molecule has 0 spiro atoms. The van der Waals surface area contributed by atoms with E-state index in [0.717, 1.165) is 23.3 Å². The lowest BCUT2D eigenvalue weighted by molar-refractivity contribution is 0.357. The van der Waals surface area contributed by atoms with E-state index in [1.54, 1.807) is 0 Å². The van der Waals surface area contributed by atoms with Gasteiger partial charge in [0, 0.05) is 12.0 Å². The van der Waals surface area contributed by atoms with Crippen LogP contribution in [-0.4, -0.2) is 26.5 Å². The van der Waals surface area contributed by atoms with Crippen molar-refractivity contribution < 1.29 is 4.74 Å². The molecule has 3 N–H and O–H groups in total. The summed E-state index contributed by atoms with van der Waals surface area (Å²) in [5.74, 6) is 1.43. The highest BCUT2D eigenvalue weighted by atomic mass is 16.5. The number of hydrogen-bond acceptors (Lipinski definition) is 4. The third-order valence-electron chi connectivity index (χ3n) is 3.35. The molecule has 0 aliphatic carbocycles. The van der Waals surface area contributed by atoms with E-state index >= 15 is 0 Å². The van der Waals surface area contributed by atoms with Crippen LogP contribution in [0.3, 0.4) is 0 Å². The molecule has 0 fully saturated rings. The molecule has 1 aliphatic rings. The first-order valence-electron chi connectivity index (χ1n) is 6.19. The van der Waals surface area contributed by atoms with Gasteiger partial charge in [-0.2, -0.15) is 0 Å². The Hall–Kier alpha value is -2.83. The molecule has 3 heterocycles. The summed E-state index contributed by atoms with van der Waals surface area (Å²) in [5, 5.41) is 0. The number of aromatic nitrogens is 4. The molecule has 1 aromatic carbocycles. The number of nitrogens with one attached hydrogen (secondary N) is 3. The molecule has 20 heavy (non-hydrogen) atoms. The third-order valence-corrected chi connectivity index (χ3v) is 3.35. The topological polar surface area (TPSA) is 104 Å². The lowest BCUT2D eigenvalue weighted by Gasteiger charge is -2.00. The molecular weight excluding hydrogens is 260 g/mol. The van der Waals surface area contributed by atoms with Crippen molar-refractivity contribution in [3.63, 3.8) is 0 Å². The van der Waals surface area contributed by atoms with Gasteiger partial charge >= 0.3 is 5.69 Å². The van der Waals surface area contributed by atoms with Gasteiger partial charge in [-0.05, 0) is 23.8 Å². The van der Waals surface area contributed by atoms with Crippen LogP contribution in [-0.2, 0) is 6.42 Å². The summed E-state index contributed by atoms with van der Waals surface area (Å²) in [6.45, 7) is 0.686. The quantitative estimate of drug-likeness (QED) is 0.600. The Morgan fingerprint density at radius 2 is 2.05 bits per heavy atom. The highest BCUT2D eigenvalue weighted by molar-refractivity contribution is 5.75.